The summed E-state index contributed by atoms with van der Waals surface area (Å²) in [5.41, 5.74) is 5.62. The summed E-state index contributed by atoms with van der Waals surface area (Å²) < 4.78 is 17.4. The monoisotopic (exact) mass is 532 g/mol. The summed E-state index contributed by atoms with van der Waals surface area (Å²) in [5, 5.41) is 7.27. The van der Waals surface area contributed by atoms with Crippen LogP contribution < -0.4 is 24.8 Å². The molecular formula is C34H32N2O4. The van der Waals surface area contributed by atoms with Crippen LogP contribution in [0.2, 0.25) is 0 Å². The summed E-state index contributed by atoms with van der Waals surface area (Å²) in [6.07, 6.45) is 1.11. The Labute approximate surface area is 234 Å². The molecule has 0 fully saturated rings. The summed E-state index contributed by atoms with van der Waals surface area (Å²) in [5.74, 6) is 3.01. The molecule has 0 saturated carbocycles. The lowest BCUT2D eigenvalue weighted by Crippen LogP contribution is -2.26. The highest BCUT2D eigenvalue weighted by Crippen LogP contribution is 2.45. The zero-order valence-corrected chi connectivity index (χ0v) is 22.6. The van der Waals surface area contributed by atoms with Crippen LogP contribution in [0.4, 0.5) is 11.4 Å². The number of hydrogen-bond donors (Lipinski definition) is 2. The lowest BCUT2D eigenvalue weighted by atomic mass is 9.78. The first kappa shape index (κ1) is 25.6. The van der Waals surface area contributed by atoms with Crippen LogP contribution in [-0.4, -0.2) is 19.5 Å². The average Bonchev–Trinajstić information content (AvgIpc) is 3.15. The van der Waals surface area contributed by atoms with E-state index >= 15 is 0 Å². The van der Waals surface area contributed by atoms with Gasteiger partial charge in [-0.1, -0.05) is 48.5 Å². The maximum absolute atomic E-state index is 14.0. The number of para-hydroxylation sites is 3. The molecule has 40 heavy (non-hydrogen) atoms. The standard InChI is InChI=1S/C34H32N2O4/c1-3-39-31-17-16-22(21-32(31)38-2)24-19-29-33(30(37)20-24)34(36-28-15-8-7-14-27(28)35-29)23-10-9-13-26(18-23)40-25-11-5-4-6-12-25/h4-18,21,24,34-36H,3,19-20H2,1-2H3. The molecule has 202 valence electrons. The van der Waals surface area contributed by atoms with E-state index in [1.165, 1.54) is 0 Å². The molecule has 4 aromatic carbocycles. The number of Topliss-reactive ketones (excluding diaryl/α,β-unsaturated/α-hetero) is 1. The second-order valence-corrected chi connectivity index (χ2v) is 10.00. The molecule has 2 unspecified atom stereocenters. The zero-order chi connectivity index (χ0) is 27.5. The van der Waals surface area contributed by atoms with Gasteiger partial charge in [0.2, 0.25) is 0 Å². The van der Waals surface area contributed by atoms with Crippen LogP contribution >= 0.6 is 0 Å². The number of methoxy groups -OCH3 is 1. The minimum absolute atomic E-state index is 0.0157. The van der Waals surface area contributed by atoms with E-state index in [4.69, 9.17) is 14.2 Å². The molecule has 0 bridgehead atoms. The second-order valence-electron chi connectivity index (χ2n) is 10.00. The quantitative estimate of drug-likeness (QED) is 0.252. The van der Waals surface area contributed by atoms with Crippen molar-refractivity contribution in [1.82, 2.24) is 0 Å². The van der Waals surface area contributed by atoms with Gasteiger partial charge in [-0.2, -0.15) is 0 Å². The number of ether oxygens (including phenoxy) is 3. The van der Waals surface area contributed by atoms with Crippen molar-refractivity contribution in [3.63, 3.8) is 0 Å². The van der Waals surface area contributed by atoms with E-state index in [-0.39, 0.29) is 17.7 Å². The number of hydrogen-bond acceptors (Lipinski definition) is 6. The van der Waals surface area contributed by atoms with Crippen molar-refractivity contribution in [3.8, 4) is 23.0 Å². The molecule has 1 heterocycles. The number of fused-ring (bicyclic) bond motifs is 1. The van der Waals surface area contributed by atoms with E-state index in [0.717, 1.165) is 45.3 Å². The highest BCUT2D eigenvalue weighted by Gasteiger charge is 2.36. The summed E-state index contributed by atoms with van der Waals surface area (Å²) >= 11 is 0. The third-order valence-corrected chi connectivity index (χ3v) is 7.44. The van der Waals surface area contributed by atoms with Crippen molar-refractivity contribution < 1.29 is 19.0 Å². The van der Waals surface area contributed by atoms with Crippen molar-refractivity contribution in [2.45, 2.75) is 31.7 Å². The Hall–Kier alpha value is -4.71. The van der Waals surface area contributed by atoms with Gasteiger partial charge in [-0.15, -0.1) is 0 Å². The molecule has 0 radical (unpaired) electrons. The minimum atomic E-state index is -0.325. The van der Waals surface area contributed by atoms with Crippen LogP contribution in [0, 0.1) is 0 Å². The number of nitrogens with one attached hydrogen (secondary N) is 2. The van der Waals surface area contributed by atoms with Gasteiger partial charge >= 0.3 is 0 Å². The van der Waals surface area contributed by atoms with E-state index < -0.39 is 0 Å². The molecule has 0 amide bonds. The van der Waals surface area contributed by atoms with E-state index in [1.807, 2.05) is 104 Å². The number of carbonyl (C=O) groups excluding carboxylic acids is 1. The maximum Gasteiger partial charge on any atom is 0.163 e. The third-order valence-electron chi connectivity index (χ3n) is 7.44. The Morgan fingerprint density at radius 1 is 0.775 bits per heavy atom. The minimum Gasteiger partial charge on any atom is -0.493 e. The Kier molecular flexibility index (Phi) is 7.15. The van der Waals surface area contributed by atoms with Gasteiger partial charge in [-0.3, -0.25) is 4.79 Å². The topological polar surface area (TPSA) is 68.8 Å². The van der Waals surface area contributed by atoms with Gasteiger partial charge in [0.15, 0.2) is 17.3 Å². The van der Waals surface area contributed by atoms with Gasteiger partial charge < -0.3 is 24.8 Å². The summed E-state index contributed by atoms with van der Waals surface area (Å²) in [6.45, 7) is 2.51. The zero-order valence-electron chi connectivity index (χ0n) is 22.6. The van der Waals surface area contributed by atoms with E-state index in [0.29, 0.717) is 30.9 Å². The lowest BCUT2D eigenvalue weighted by Gasteiger charge is -2.30. The molecule has 1 aliphatic heterocycles. The molecule has 6 heteroatoms. The average molecular weight is 533 g/mol. The number of benzene rings is 4. The predicted octanol–water partition coefficient (Wildman–Crippen LogP) is 7.87. The molecule has 0 saturated heterocycles. The fourth-order valence-electron chi connectivity index (χ4n) is 5.57. The molecule has 1 aliphatic carbocycles. The smallest absolute Gasteiger partial charge is 0.163 e. The van der Waals surface area contributed by atoms with Crippen LogP contribution in [0.15, 0.2) is 108 Å². The molecule has 0 aromatic heterocycles. The van der Waals surface area contributed by atoms with E-state index in [2.05, 4.69) is 10.6 Å². The first-order chi connectivity index (χ1) is 19.6. The van der Waals surface area contributed by atoms with Crippen molar-refractivity contribution >= 4 is 17.2 Å². The van der Waals surface area contributed by atoms with Crippen LogP contribution in [-0.2, 0) is 4.79 Å². The molecule has 4 aromatic rings. The number of allylic oxidation sites excluding steroid dienone is 1. The first-order valence-corrected chi connectivity index (χ1v) is 13.7. The lowest BCUT2D eigenvalue weighted by molar-refractivity contribution is -0.116. The highest BCUT2D eigenvalue weighted by molar-refractivity contribution is 6.01. The number of carbonyl (C=O) groups is 1. The summed E-state index contributed by atoms with van der Waals surface area (Å²) in [7, 11) is 1.64. The Morgan fingerprint density at radius 2 is 1.55 bits per heavy atom. The molecule has 2 N–H and O–H groups in total. The first-order valence-electron chi connectivity index (χ1n) is 13.7. The molecule has 2 aliphatic rings. The van der Waals surface area contributed by atoms with Crippen molar-refractivity contribution in [2.75, 3.05) is 24.4 Å². The van der Waals surface area contributed by atoms with Gasteiger partial charge in [0.05, 0.1) is 31.1 Å². The molecular weight excluding hydrogens is 500 g/mol. The van der Waals surface area contributed by atoms with Gasteiger partial charge in [-0.25, -0.2) is 0 Å². The second kappa shape index (κ2) is 11.2. The van der Waals surface area contributed by atoms with Crippen molar-refractivity contribution in [3.05, 3.63) is 119 Å². The van der Waals surface area contributed by atoms with Gasteiger partial charge in [0.1, 0.15) is 11.5 Å². The van der Waals surface area contributed by atoms with Crippen molar-refractivity contribution in [1.29, 1.82) is 0 Å². The maximum atomic E-state index is 14.0. The summed E-state index contributed by atoms with van der Waals surface area (Å²) in [6, 6.07) is 31.4. The van der Waals surface area contributed by atoms with Gasteiger partial charge in [0.25, 0.3) is 0 Å². The van der Waals surface area contributed by atoms with Crippen LogP contribution in [0.5, 0.6) is 23.0 Å². The third kappa shape index (κ3) is 5.13. The molecule has 6 nitrogen and oxygen atoms in total. The van der Waals surface area contributed by atoms with Gasteiger partial charge in [-0.05, 0) is 78.9 Å². The number of rotatable bonds is 7. The van der Waals surface area contributed by atoms with Crippen molar-refractivity contribution in [2.24, 2.45) is 0 Å². The number of ketones is 1. The van der Waals surface area contributed by atoms with E-state index in [1.54, 1.807) is 7.11 Å². The Morgan fingerprint density at radius 3 is 2.35 bits per heavy atom. The molecule has 0 spiro atoms. The fourth-order valence-corrected chi connectivity index (χ4v) is 5.57. The highest BCUT2D eigenvalue weighted by atomic mass is 16.5. The number of anilines is 2. The van der Waals surface area contributed by atoms with E-state index in [9.17, 15) is 4.79 Å². The Balaban J connectivity index is 1.38. The predicted molar refractivity (Wildman–Crippen MR) is 158 cm³/mol. The molecule has 6 rings (SSSR count). The van der Waals surface area contributed by atoms with Crippen LogP contribution in [0.3, 0.4) is 0 Å². The van der Waals surface area contributed by atoms with Crippen LogP contribution in [0.1, 0.15) is 42.9 Å². The SMILES string of the molecule is CCOc1ccc(C2CC(=O)C3=C(C2)Nc2ccccc2NC3c2cccc(Oc3ccccc3)c2)cc1OC. The normalized spacial score (nSPS) is 18.0. The fraction of sp³-hybridized carbons (Fsp3) is 0.206. The van der Waals surface area contributed by atoms with Crippen LogP contribution in [0.25, 0.3) is 0 Å². The summed E-state index contributed by atoms with van der Waals surface area (Å²) in [4.78, 5) is 14.0. The Bertz CT molecular complexity index is 1560. The largest absolute Gasteiger partial charge is 0.493 e. The van der Waals surface area contributed by atoms with Gasteiger partial charge in [0, 0.05) is 17.7 Å². The molecule has 2 atom stereocenters.